The molecule has 2 aromatic carbocycles. The van der Waals surface area contributed by atoms with Crippen molar-refractivity contribution in [2.75, 3.05) is 0 Å². The second-order valence-electron chi connectivity index (χ2n) is 4.96. The average molecular weight is 324 g/mol. The van der Waals surface area contributed by atoms with Crippen LogP contribution in [0.3, 0.4) is 0 Å². The lowest BCUT2D eigenvalue weighted by Gasteiger charge is -2.19. The zero-order chi connectivity index (χ0) is 16.1. The molecule has 3 aromatic rings. The van der Waals surface area contributed by atoms with Crippen LogP contribution in [0.5, 0.6) is 0 Å². The van der Waals surface area contributed by atoms with E-state index in [-0.39, 0.29) is 17.6 Å². The van der Waals surface area contributed by atoms with E-state index >= 15 is 0 Å². The van der Waals surface area contributed by atoms with Crippen LogP contribution in [0.15, 0.2) is 73.2 Å². The van der Waals surface area contributed by atoms with Crippen molar-refractivity contribution in [3.8, 4) is 0 Å². The topological polar surface area (TPSA) is 54.9 Å². The summed E-state index contributed by atoms with van der Waals surface area (Å²) in [5.74, 6) is -0.276. The van der Waals surface area contributed by atoms with E-state index in [2.05, 4.69) is 15.3 Å². The molecule has 0 aliphatic rings. The summed E-state index contributed by atoms with van der Waals surface area (Å²) in [6.07, 6.45) is 4.47. The largest absolute Gasteiger partial charge is 0.340 e. The summed E-state index contributed by atoms with van der Waals surface area (Å²) in [6, 6.07) is 16.9. The summed E-state index contributed by atoms with van der Waals surface area (Å²) in [5.41, 5.74) is 2.20. The van der Waals surface area contributed by atoms with Gasteiger partial charge in [-0.15, -0.1) is 0 Å². The highest BCUT2D eigenvalue weighted by Gasteiger charge is 2.18. The number of nitrogens with one attached hydrogen (secondary N) is 1. The maximum Gasteiger partial charge on any atom is 0.272 e. The molecule has 0 aliphatic carbocycles. The minimum absolute atomic E-state index is 0.276. The normalized spacial score (nSPS) is 11.7. The number of hydrogen-bond donors (Lipinski definition) is 1. The van der Waals surface area contributed by atoms with Crippen LogP contribution < -0.4 is 5.32 Å². The summed E-state index contributed by atoms with van der Waals surface area (Å²) in [7, 11) is 0. The van der Waals surface area contributed by atoms with Gasteiger partial charge in [-0.2, -0.15) is 0 Å². The quantitative estimate of drug-likeness (QED) is 0.797. The first-order valence-corrected chi connectivity index (χ1v) is 7.49. The molecule has 23 heavy (non-hydrogen) atoms. The Kier molecular flexibility index (Phi) is 4.64. The molecule has 1 aromatic heterocycles. The van der Waals surface area contributed by atoms with Gasteiger partial charge in [-0.1, -0.05) is 54.1 Å². The molecule has 0 saturated heterocycles. The Morgan fingerprint density at radius 1 is 0.957 bits per heavy atom. The molecule has 1 N–H and O–H groups in total. The zero-order valence-electron chi connectivity index (χ0n) is 12.2. The van der Waals surface area contributed by atoms with Crippen LogP contribution in [-0.2, 0) is 0 Å². The Morgan fingerprint density at radius 3 is 2.30 bits per heavy atom. The third kappa shape index (κ3) is 3.73. The Bertz CT molecular complexity index is 776. The van der Waals surface area contributed by atoms with Gasteiger partial charge in [-0.05, 0) is 23.3 Å². The van der Waals surface area contributed by atoms with Crippen LogP contribution in [0.2, 0.25) is 5.02 Å². The maximum absolute atomic E-state index is 12.4. The molecule has 0 bridgehead atoms. The van der Waals surface area contributed by atoms with Crippen molar-refractivity contribution >= 4 is 17.5 Å². The predicted octanol–water partition coefficient (Wildman–Crippen LogP) is 3.65. The number of aromatic nitrogens is 2. The average Bonchev–Trinajstić information content (AvgIpc) is 2.62. The summed E-state index contributed by atoms with van der Waals surface area (Å²) in [5, 5.41) is 3.65. The van der Waals surface area contributed by atoms with E-state index in [1.807, 2.05) is 42.5 Å². The Labute approximate surface area is 139 Å². The number of carbonyl (C=O) groups is 1. The zero-order valence-corrected chi connectivity index (χ0v) is 12.9. The molecule has 1 atom stereocenters. The molecule has 3 rings (SSSR count). The molecule has 1 amide bonds. The third-order valence-corrected chi connectivity index (χ3v) is 3.66. The van der Waals surface area contributed by atoms with Gasteiger partial charge in [0.2, 0.25) is 0 Å². The van der Waals surface area contributed by atoms with Crippen LogP contribution in [0.4, 0.5) is 0 Å². The predicted molar refractivity (Wildman–Crippen MR) is 89.2 cm³/mol. The Balaban J connectivity index is 1.93. The highest BCUT2D eigenvalue weighted by molar-refractivity contribution is 6.30. The first-order chi connectivity index (χ1) is 11.2. The summed E-state index contributed by atoms with van der Waals surface area (Å²) in [6.45, 7) is 0. The van der Waals surface area contributed by atoms with Crippen molar-refractivity contribution < 1.29 is 4.79 Å². The van der Waals surface area contributed by atoms with E-state index in [4.69, 9.17) is 11.6 Å². The summed E-state index contributed by atoms with van der Waals surface area (Å²) < 4.78 is 0. The molecule has 0 saturated carbocycles. The van der Waals surface area contributed by atoms with Crippen molar-refractivity contribution in [1.82, 2.24) is 15.3 Å². The lowest BCUT2D eigenvalue weighted by Crippen LogP contribution is -2.30. The van der Waals surface area contributed by atoms with E-state index in [0.29, 0.717) is 5.02 Å². The first kappa shape index (κ1) is 15.2. The van der Waals surface area contributed by atoms with E-state index in [9.17, 15) is 4.79 Å². The van der Waals surface area contributed by atoms with Crippen molar-refractivity contribution in [3.05, 3.63) is 95.0 Å². The smallest absolute Gasteiger partial charge is 0.272 e. The van der Waals surface area contributed by atoms with Gasteiger partial charge in [-0.3, -0.25) is 9.78 Å². The van der Waals surface area contributed by atoms with Crippen LogP contribution in [-0.4, -0.2) is 15.9 Å². The van der Waals surface area contributed by atoms with Gasteiger partial charge < -0.3 is 5.32 Å². The minimum Gasteiger partial charge on any atom is -0.340 e. The Hall–Kier alpha value is -2.72. The van der Waals surface area contributed by atoms with Crippen LogP contribution in [0, 0.1) is 0 Å². The van der Waals surface area contributed by atoms with Crippen LogP contribution in [0.1, 0.15) is 27.7 Å². The maximum atomic E-state index is 12.4. The molecule has 114 valence electrons. The van der Waals surface area contributed by atoms with Gasteiger partial charge in [-0.25, -0.2) is 4.98 Å². The molecule has 0 spiro atoms. The van der Waals surface area contributed by atoms with Crippen LogP contribution in [0.25, 0.3) is 0 Å². The number of halogens is 1. The van der Waals surface area contributed by atoms with Gasteiger partial charge in [0.05, 0.1) is 12.2 Å². The van der Waals surface area contributed by atoms with Crippen LogP contribution >= 0.6 is 11.6 Å². The molecule has 0 radical (unpaired) electrons. The third-order valence-electron chi connectivity index (χ3n) is 3.41. The fourth-order valence-corrected chi connectivity index (χ4v) is 2.41. The number of carbonyl (C=O) groups excluding carboxylic acids is 1. The SMILES string of the molecule is O=C(NC(c1ccccc1)c1ccc(Cl)cc1)c1cnccn1. The second kappa shape index (κ2) is 7.03. The molecule has 0 aliphatic heterocycles. The number of amides is 1. The number of hydrogen-bond acceptors (Lipinski definition) is 3. The van der Waals surface area contributed by atoms with Crippen molar-refractivity contribution in [1.29, 1.82) is 0 Å². The molecule has 4 nitrogen and oxygen atoms in total. The molecule has 1 heterocycles. The van der Waals surface area contributed by atoms with Gasteiger partial charge in [0.1, 0.15) is 5.69 Å². The Morgan fingerprint density at radius 2 is 1.65 bits per heavy atom. The highest BCUT2D eigenvalue weighted by atomic mass is 35.5. The number of benzene rings is 2. The molecular weight excluding hydrogens is 310 g/mol. The molecule has 1 unspecified atom stereocenters. The fourth-order valence-electron chi connectivity index (χ4n) is 2.28. The van der Waals surface area contributed by atoms with Gasteiger partial charge in [0.15, 0.2) is 0 Å². The van der Waals surface area contributed by atoms with E-state index in [0.717, 1.165) is 11.1 Å². The lowest BCUT2D eigenvalue weighted by atomic mass is 9.98. The fraction of sp³-hybridized carbons (Fsp3) is 0.0556. The number of rotatable bonds is 4. The highest BCUT2D eigenvalue weighted by Crippen LogP contribution is 2.23. The van der Waals surface area contributed by atoms with E-state index < -0.39 is 0 Å². The van der Waals surface area contributed by atoms with E-state index in [1.165, 1.54) is 18.6 Å². The van der Waals surface area contributed by atoms with Gasteiger partial charge in [0.25, 0.3) is 5.91 Å². The minimum atomic E-state index is -0.289. The summed E-state index contributed by atoms with van der Waals surface area (Å²) in [4.78, 5) is 20.4. The number of nitrogens with zero attached hydrogens (tertiary/aromatic N) is 2. The van der Waals surface area contributed by atoms with Crippen molar-refractivity contribution in [2.24, 2.45) is 0 Å². The summed E-state index contributed by atoms with van der Waals surface area (Å²) >= 11 is 5.96. The first-order valence-electron chi connectivity index (χ1n) is 7.11. The van der Waals surface area contributed by atoms with Crippen molar-refractivity contribution in [3.63, 3.8) is 0 Å². The second-order valence-corrected chi connectivity index (χ2v) is 5.40. The molecular formula is C18H14ClN3O. The van der Waals surface area contributed by atoms with Crippen molar-refractivity contribution in [2.45, 2.75) is 6.04 Å². The van der Waals surface area contributed by atoms with E-state index in [1.54, 1.807) is 12.1 Å². The molecule has 5 heteroatoms. The van der Waals surface area contributed by atoms with Gasteiger partial charge >= 0.3 is 0 Å². The van der Waals surface area contributed by atoms with Gasteiger partial charge in [0, 0.05) is 17.4 Å². The standard InChI is InChI=1S/C18H14ClN3O/c19-15-8-6-14(7-9-15)17(13-4-2-1-3-5-13)22-18(23)16-12-20-10-11-21-16/h1-12,17H,(H,22,23). The monoisotopic (exact) mass is 323 g/mol. The lowest BCUT2D eigenvalue weighted by molar-refractivity contribution is 0.0937. The molecule has 0 fully saturated rings.